The largest absolute Gasteiger partial charge is 0.347 e. The minimum absolute atomic E-state index is 0. The first-order chi connectivity index (χ1) is 7.52. The van der Waals surface area contributed by atoms with E-state index in [0.717, 1.165) is 6.54 Å². The Bertz CT molecular complexity index is 325. The standard InChI is InChI=1S/C12H20N2OS.ClH/c1-9(2)11(12(15)14(3)4)13-8-10-6-5-7-16-10;/h5-7,9,11,13H,8H2,1-4H3;1H. The predicted octanol–water partition coefficient (Wildman–Crippen LogP) is 2.37. The van der Waals surface area contributed by atoms with E-state index >= 15 is 0 Å². The van der Waals surface area contributed by atoms with Crippen LogP contribution in [0.4, 0.5) is 0 Å². The van der Waals surface area contributed by atoms with E-state index in [-0.39, 0.29) is 24.4 Å². The summed E-state index contributed by atoms with van der Waals surface area (Å²) in [5, 5.41) is 5.37. The number of nitrogens with one attached hydrogen (secondary N) is 1. The molecule has 98 valence electrons. The molecule has 1 unspecified atom stereocenters. The third-order valence-corrected chi connectivity index (χ3v) is 3.33. The number of amides is 1. The molecule has 1 N–H and O–H groups in total. The molecule has 0 saturated carbocycles. The first kappa shape index (κ1) is 16.4. The van der Waals surface area contributed by atoms with Crippen molar-refractivity contribution in [1.29, 1.82) is 0 Å². The van der Waals surface area contributed by atoms with Gasteiger partial charge in [-0.15, -0.1) is 23.7 Å². The van der Waals surface area contributed by atoms with Gasteiger partial charge in [0.25, 0.3) is 0 Å². The number of hydrogen-bond donors (Lipinski definition) is 1. The average molecular weight is 277 g/mol. The monoisotopic (exact) mass is 276 g/mol. The Hall–Kier alpha value is -0.580. The van der Waals surface area contributed by atoms with Crippen molar-refractivity contribution in [2.75, 3.05) is 14.1 Å². The molecule has 0 spiro atoms. The van der Waals surface area contributed by atoms with Crippen LogP contribution in [-0.4, -0.2) is 30.9 Å². The van der Waals surface area contributed by atoms with Gasteiger partial charge < -0.3 is 10.2 Å². The summed E-state index contributed by atoms with van der Waals surface area (Å²) in [7, 11) is 3.59. The quantitative estimate of drug-likeness (QED) is 0.896. The van der Waals surface area contributed by atoms with E-state index in [1.165, 1.54) is 4.88 Å². The smallest absolute Gasteiger partial charge is 0.239 e. The number of carbonyl (C=O) groups excluding carboxylic acids is 1. The van der Waals surface area contributed by atoms with Crippen LogP contribution in [0.3, 0.4) is 0 Å². The fraction of sp³-hybridized carbons (Fsp3) is 0.583. The van der Waals surface area contributed by atoms with Crippen molar-refractivity contribution in [3.8, 4) is 0 Å². The van der Waals surface area contributed by atoms with Gasteiger partial charge in [0.15, 0.2) is 0 Å². The fourth-order valence-electron chi connectivity index (χ4n) is 1.51. The van der Waals surface area contributed by atoms with Crippen molar-refractivity contribution in [1.82, 2.24) is 10.2 Å². The number of thiophene rings is 1. The van der Waals surface area contributed by atoms with Crippen molar-refractivity contribution in [2.45, 2.75) is 26.4 Å². The van der Waals surface area contributed by atoms with Crippen LogP contribution >= 0.6 is 23.7 Å². The molecule has 0 aromatic carbocycles. The first-order valence-electron chi connectivity index (χ1n) is 5.49. The summed E-state index contributed by atoms with van der Waals surface area (Å²) in [6, 6.07) is 4.01. The normalized spacial score (nSPS) is 12.1. The maximum Gasteiger partial charge on any atom is 0.239 e. The maximum absolute atomic E-state index is 11.9. The number of halogens is 1. The van der Waals surface area contributed by atoms with Gasteiger partial charge in [-0.25, -0.2) is 0 Å². The summed E-state index contributed by atoms with van der Waals surface area (Å²) < 4.78 is 0. The molecule has 1 heterocycles. The van der Waals surface area contributed by atoms with E-state index in [9.17, 15) is 4.79 Å². The van der Waals surface area contributed by atoms with E-state index in [1.54, 1.807) is 30.3 Å². The highest BCUT2D eigenvalue weighted by Crippen LogP contribution is 2.10. The highest BCUT2D eigenvalue weighted by Gasteiger charge is 2.22. The first-order valence-corrected chi connectivity index (χ1v) is 6.37. The lowest BCUT2D eigenvalue weighted by Gasteiger charge is -2.24. The van der Waals surface area contributed by atoms with Gasteiger partial charge >= 0.3 is 0 Å². The summed E-state index contributed by atoms with van der Waals surface area (Å²) in [4.78, 5) is 14.8. The molecule has 1 aromatic rings. The molecule has 17 heavy (non-hydrogen) atoms. The van der Waals surface area contributed by atoms with Crippen LogP contribution in [0.25, 0.3) is 0 Å². The second kappa shape index (κ2) is 7.69. The Morgan fingerprint density at radius 2 is 2.12 bits per heavy atom. The molecule has 0 aliphatic heterocycles. The second-order valence-corrected chi connectivity index (χ2v) is 5.45. The van der Waals surface area contributed by atoms with Crippen molar-refractivity contribution in [3.05, 3.63) is 22.4 Å². The van der Waals surface area contributed by atoms with Crippen LogP contribution in [0, 0.1) is 5.92 Å². The Kier molecular flexibility index (Phi) is 7.43. The molecule has 0 radical (unpaired) electrons. The summed E-state index contributed by atoms with van der Waals surface area (Å²) in [6.45, 7) is 4.89. The Balaban J connectivity index is 0.00000256. The summed E-state index contributed by atoms with van der Waals surface area (Å²) >= 11 is 1.71. The van der Waals surface area contributed by atoms with E-state index in [0.29, 0.717) is 5.92 Å². The SMILES string of the molecule is CC(C)C(NCc1cccs1)C(=O)N(C)C.Cl. The van der Waals surface area contributed by atoms with Gasteiger partial charge in [-0.1, -0.05) is 19.9 Å². The maximum atomic E-state index is 11.9. The lowest BCUT2D eigenvalue weighted by Crippen LogP contribution is -2.46. The molecular weight excluding hydrogens is 256 g/mol. The zero-order chi connectivity index (χ0) is 12.1. The molecule has 0 aliphatic carbocycles. The van der Waals surface area contributed by atoms with E-state index in [4.69, 9.17) is 0 Å². The third kappa shape index (κ3) is 5.06. The number of rotatable bonds is 5. The van der Waals surface area contributed by atoms with Crippen LogP contribution in [0.1, 0.15) is 18.7 Å². The van der Waals surface area contributed by atoms with E-state index < -0.39 is 0 Å². The number of hydrogen-bond acceptors (Lipinski definition) is 3. The zero-order valence-corrected chi connectivity index (χ0v) is 12.4. The van der Waals surface area contributed by atoms with Crippen LogP contribution in [0.15, 0.2) is 17.5 Å². The molecule has 0 fully saturated rings. The highest BCUT2D eigenvalue weighted by molar-refractivity contribution is 7.09. The third-order valence-electron chi connectivity index (χ3n) is 2.45. The van der Waals surface area contributed by atoms with Gasteiger partial charge in [-0.3, -0.25) is 4.79 Å². The molecule has 1 amide bonds. The summed E-state index contributed by atoms with van der Waals surface area (Å²) in [6.07, 6.45) is 0. The molecule has 0 saturated heterocycles. The molecule has 1 atom stereocenters. The fourth-order valence-corrected chi connectivity index (χ4v) is 2.17. The molecule has 0 bridgehead atoms. The molecule has 3 nitrogen and oxygen atoms in total. The minimum atomic E-state index is -0.0999. The van der Waals surface area contributed by atoms with Gasteiger partial charge in [0.1, 0.15) is 0 Å². The Morgan fingerprint density at radius 1 is 1.47 bits per heavy atom. The van der Waals surface area contributed by atoms with Gasteiger partial charge in [-0.05, 0) is 17.4 Å². The van der Waals surface area contributed by atoms with Gasteiger partial charge in [-0.2, -0.15) is 0 Å². The lowest BCUT2D eigenvalue weighted by atomic mass is 10.0. The second-order valence-electron chi connectivity index (χ2n) is 4.41. The summed E-state index contributed by atoms with van der Waals surface area (Å²) in [5.41, 5.74) is 0. The van der Waals surface area contributed by atoms with Gasteiger partial charge in [0, 0.05) is 25.5 Å². The van der Waals surface area contributed by atoms with Crippen molar-refractivity contribution >= 4 is 29.7 Å². The summed E-state index contributed by atoms with van der Waals surface area (Å²) in [5.74, 6) is 0.446. The van der Waals surface area contributed by atoms with E-state index in [2.05, 4.69) is 30.6 Å². The average Bonchev–Trinajstić information content (AvgIpc) is 2.69. The zero-order valence-electron chi connectivity index (χ0n) is 10.8. The number of nitrogens with zero attached hydrogens (tertiary/aromatic N) is 1. The predicted molar refractivity (Wildman–Crippen MR) is 75.7 cm³/mol. The number of likely N-dealkylation sites (N-methyl/N-ethyl adjacent to an activating group) is 1. The van der Waals surface area contributed by atoms with Crippen LogP contribution in [0.2, 0.25) is 0 Å². The molecule has 1 rings (SSSR count). The van der Waals surface area contributed by atoms with Crippen LogP contribution in [0.5, 0.6) is 0 Å². The number of carbonyl (C=O) groups is 1. The Morgan fingerprint density at radius 3 is 2.53 bits per heavy atom. The van der Waals surface area contributed by atoms with Gasteiger partial charge in [0.2, 0.25) is 5.91 Å². The van der Waals surface area contributed by atoms with Crippen molar-refractivity contribution in [2.24, 2.45) is 5.92 Å². The molecule has 1 aromatic heterocycles. The molecule has 0 aliphatic rings. The minimum Gasteiger partial charge on any atom is -0.347 e. The molecular formula is C12H21ClN2OS. The van der Waals surface area contributed by atoms with Crippen LogP contribution in [-0.2, 0) is 11.3 Å². The molecule has 5 heteroatoms. The van der Waals surface area contributed by atoms with Gasteiger partial charge in [0.05, 0.1) is 6.04 Å². The lowest BCUT2D eigenvalue weighted by molar-refractivity contribution is -0.132. The van der Waals surface area contributed by atoms with Crippen molar-refractivity contribution < 1.29 is 4.79 Å². The topological polar surface area (TPSA) is 32.3 Å². The van der Waals surface area contributed by atoms with Crippen molar-refractivity contribution in [3.63, 3.8) is 0 Å². The Labute approximate surface area is 114 Å². The highest BCUT2D eigenvalue weighted by atomic mass is 35.5. The van der Waals surface area contributed by atoms with E-state index in [1.807, 2.05) is 6.07 Å². The van der Waals surface area contributed by atoms with Crippen LogP contribution < -0.4 is 5.32 Å².